The first kappa shape index (κ1) is 15.0. The summed E-state index contributed by atoms with van der Waals surface area (Å²) in [6, 6.07) is 6.40. The molecule has 6 heteroatoms. The molecule has 1 saturated heterocycles. The van der Waals surface area contributed by atoms with Gasteiger partial charge in [-0.1, -0.05) is 19.1 Å². The number of carbonyl (C=O) groups is 1. The summed E-state index contributed by atoms with van der Waals surface area (Å²) in [5.74, 6) is -0.260. The van der Waals surface area contributed by atoms with Crippen LogP contribution < -0.4 is 0 Å². The molecule has 1 aromatic carbocycles. The van der Waals surface area contributed by atoms with E-state index in [1.54, 1.807) is 30.0 Å². The molecule has 20 heavy (non-hydrogen) atoms. The van der Waals surface area contributed by atoms with E-state index in [2.05, 4.69) is 0 Å². The minimum Gasteiger partial charge on any atom is -0.375 e. The van der Waals surface area contributed by atoms with Gasteiger partial charge in [0, 0.05) is 13.1 Å². The third kappa shape index (κ3) is 3.02. The lowest BCUT2D eigenvalue weighted by atomic mass is 10.2. The minimum atomic E-state index is -3.40. The zero-order chi connectivity index (χ0) is 14.8. The topological polar surface area (TPSA) is 63.7 Å². The molecule has 1 atom stereocenters. The van der Waals surface area contributed by atoms with Gasteiger partial charge in [-0.25, -0.2) is 8.42 Å². The van der Waals surface area contributed by atoms with Crippen LogP contribution in [0.15, 0.2) is 29.2 Å². The lowest BCUT2D eigenvalue weighted by molar-refractivity contribution is -0.0125. The van der Waals surface area contributed by atoms with Gasteiger partial charge in [-0.3, -0.25) is 4.79 Å². The Morgan fingerprint density at radius 2 is 2.10 bits per heavy atom. The Morgan fingerprint density at radius 3 is 2.75 bits per heavy atom. The standard InChI is InChI=1S/C14H19NO4S/c1-3-20(17,18)13-7-5-4-6-12(13)14(16)15-8-9-19-11(2)10-15/h4-7,11H,3,8-10H2,1-2H3. The number of hydrogen-bond donors (Lipinski definition) is 0. The van der Waals surface area contributed by atoms with Crippen LogP contribution in [0.2, 0.25) is 0 Å². The average Bonchev–Trinajstić information content (AvgIpc) is 2.46. The molecule has 0 spiro atoms. The minimum absolute atomic E-state index is 0.0171. The molecule has 0 aliphatic carbocycles. The maximum atomic E-state index is 12.5. The van der Waals surface area contributed by atoms with E-state index < -0.39 is 9.84 Å². The van der Waals surface area contributed by atoms with Crippen molar-refractivity contribution >= 4 is 15.7 Å². The number of carbonyl (C=O) groups excluding carboxylic acids is 1. The molecule has 1 heterocycles. The van der Waals surface area contributed by atoms with Crippen molar-refractivity contribution < 1.29 is 17.9 Å². The SMILES string of the molecule is CCS(=O)(=O)c1ccccc1C(=O)N1CCOC(C)C1. The highest BCUT2D eigenvalue weighted by Gasteiger charge is 2.27. The molecule has 0 aromatic heterocycles. The first-order valence-electron chi connectivity index (χ1n) is 6.68. The number of benzene rings is 1. The highest BCUT2D eigenvalue weighted by Crippen LogP contribution is 2.20. The Bertz CT molecular complexity index is 597. The van der Waals surface area contributed by atoms with Gasteiger partial charge < -0.3 is 9.64 Å². The van der Waals surface area contributed by atoms with Crippen LogP contribution in [0.25, 0.3) is 0 Å². The quantitative estimate of drug-likeness (QED) is 0.844. The normalized spacial score (nSPS) is 19.9. The van der Waals surface area contributed by atoms with Crippen LogP contribution in [-0.4, -0.2) is 50.8 Å². The van der Waals surface area contributed by atoms with Crippen LogP contribution in [-0.2, 0) is 14.6 Å². The van der Waals surface area contributed by atoms with Crippen LogP contribution in [0.5, 0.6) is 0 Å². The van der Waals surface area contributed by atoms with Gasteiger partial charge in [0.25, 0.3) is 5.91 Å². The number of nitrogens with zero attached hydrogens (tertiary/aromatic N) is 1. The Morgan fingerprint density at radius 1 is 1.40 bits per heavy atom. The van der Waals surface area contributed by atoms with E-state index in [0.717, 1.165) is 0 Å². The van der Waals surface area contributed by atoms with Crippen LogP contribution in [0, 0.1) is 0 Å². The van der Waals surface area contributed by atoms with Gasteiger partial charge in [-0.15, -0.1) is 0 Å². The Labute approximate surface area is 119 Å². The number of hydrogen-bond acceptors (Lipinski definition) is 4. The molecule has 1 fully saturated rings. The number of sulfone groups is 1. The molecule has 5 nitrogen and oxygen atoms in total. The second-order valence-electron chi connectivity index (χ2n) is 4.83. The lowest BCUT2D eigenvalue weighted by Crippen LogP contribution is -2.44. The lowest BCUT2D eigenvalue weighted by Gasteiger charge is -2.31. The average molecular weight is 297 g/mol. The van der Waals surface area contributed by atoms with Gasteiger partial charge in [0.2, 0.25) is 0 Å². The van der Waals surface area contributed by atoms with Crippen molar-refractivity contribution in [3.63, 3.8) is 0 Å². The van der Waals surface area contributed by atoms with Crippen LogP contribution in [0.4, 0.5) is 0 Å². The molecular weight excluding hydrogens is 278 g/mol. The molecule has 0 radical (unpaired) electrons. The highest BCUT2D eigenvalue weighted by atomic mass is 32.2. The van der Waals surface area contributed by atoms with Crippen LogP contribution in [0.1, 0.15) is 24.2 Å². The van der Waals surface area contributed by atoms with Crippen molar-refractivity contribution in [2.45, 2.75) is 24.8 Å². The molecule has 1 unspecified atom stereocenters. The molecule has 1 aromatic rings. The summed E-state index contributed by atoms with van der Waals surface area (Å²) >= 11 is 0. The van der Waals surface area contributed by atoms with Crippen molar-refractivity contribution in [1.82, 2.24) is 4.90 Å². The van der Waals surface area contributed by atoms with Gasteiger partial charge in [-0.2, -0.15) is 0 Å². The monoisotopic (exact) mass is 297 g/mol. The Kier molecular flexibility index (Phi) is 4.45. The van der Waals surface area contributed by atoms with Crippen LogP contribution in [0.3, 0.4) is 0 Å². The van der Waals surface area contributed by atoms with Gasteiger partial charge >= 0.3 is 0 Å². The van der Waals surface area contributed by atoms with Crippen molar-refractivity contribution in [2.24, 2.45) is 0 Å². The first-order valence-corrected chi connectivity index (χ1v) is 8.33. The number of rotatable bonds is 3. The van der Waals surface area contributed by atoms with Crippen molar-refractivity contribution in [3.05, 3.63) is 29.8 Å². The zero-order valence-corrected chi connectivity index (χ0v) is 12.5. The molecular formula is C14H19NO4S. The van der Waals surface area contributed by atoms with Crippen molar-refractivity contribution in [2.75, 3.05) is 25.4 Å². The van der Waals surface area contributed by atoms with E-state index in [0.29, 0.717) is 19.7 Å². The van der Waals surface area contributed by atoms with Gasteiger partial charge in [-0.05, 0) is 19.1 Å². The number of amides is 1. The van der Waals surface area contributed by atoms with E-state index in [-0.39, 0.29) is 28.2 Å². The molecule has 1 aliphatic rings. The van der Waals surface area contributed by atoms with Gasteiger partial charge in [0.05, 0.1) is 28.9 Å². The Balaban J connectivity index is 2.35. The predicted molar refractivity (Wildman–Crippen MR) is 75.5 cm³/mol. The van der Waals surface area contributed by atoms with E-state index in [4.69, 9.17) is 4.74 Å². The summed E-state index contributed by atoms with van der Waals surface area (Å²) in [5.41, 5.74) is 0.253. The summed E-state index contributed by atoms with van der Waals surface area (Å²) in [4.78, 5) is 14.3. The fourth-order valence-electron chi connectivity index (χ4n) is 2.24. The second-order valence-corrected chi connectivity index (χ2v) is 7.08. The largest absolute Gasteiger partial charge is 0.375 e. The smallest absolute Gasteiger partial charge is 0.255 e. The van der Waals surface area contributed by atoms with Gasteiger partial charge in [0.15, 0.2) is 9.84 Å². The maximum Gasteiger partial charge on any atom is 0.255 e. The molecule has 2 rings (SSSR count). The molecule has 110 valence electrons. The van der Waals surface area contributed by atoms with Crippen LogP contribution >= 0.6 is 0 Å². The summed E-state index contributed by atoms with van der Waals surface area (Å²) in [6.07, 6.45) is -0.0253. The second kappa shape index (κ2) is 5.93. The highest BCUT2D eigenvalue weighted by molar-refractivity contribution is 7.91. The predicted octanol–water partition coefficient (Wildman–Crippen LogP) is 1.34. The third-order valence-corrected chi connectivity index (χ3v) is 5.15. The summed E-state index contributed by atoms with van der Waals surface area (Å²) < 4.78 is 29.6. The zero-order valence-electron chi connectivity index (χ0n) is 11.7. The number of ether oxygens (including phenoxy) is 1. The fourth-order valence-corrected chi connectivity index (χ4v) is 3.33. The van der Waals surface area contributed by atoms with E-state index in [1.807, 2.05) is 6.92 Å². The molecule has 1 aliphatic heterocycles. The van der Waals surface area contributed by atoms with Gasteiger partial charge in [0.1, 0.15) is 0 Å². The van der Waals surface area contributed by atoms with E-state index in [1.165, 1.54) is 6.07 Å². The van der Waals surface area contributed by atoms with Crippen molar-refractivity contribution in [3.8, 4) is 0 Å². The molecule has 0 saturated carbocycles. The summed E-state index contributed by atoms with van der Waals surface area (Å²) in [7, 11) is -3.40. The molecule has 0 bridgehead atoms. The first-order chi connectivity index (χ1) is 9.45. The van der Waals surface area contributed by atoms with E-state index in [9.17, 15) is 13.2 Å². The fraction of sp³-hybridized carbons (Fsp3) is 0.500. The molecule has 0 N–H and O–H groups in total. The third-order valence-electron chi connectivity index (χ3n) is 3.36. The number of morpholine rings is 1. The maximum absolute atomic E-state index is 12.5. The Hall–Kier alpha value is -1.40. The molecule has 1 amide bonds. The summed E-state index contributed by atoms with van der Waals surface area (Å²) in [6.45, 7) is 4.93. The van der Waals surface area contributed by atoms with E-state index >= 15 is 0 Å². The van der Waals surface area contributed by atoms with Crippen molar-refractivity contribution in [1.29, 1.82) is 0 Å². The summed E-state index contributed by atoms with van der Waals surface area (Å²) in [5, 5.41) is 0.